The van der Waals surface area contributed by atoms with E-state index < -0.39 is 23.7 Å². The third-order valence-electron chi connectivity index (χ3n) is 2.98. The van der Waals surface area contributed by atoms with Crippen molar-refractivity contribution in [3.05, 3.63) is 66.0 Å². The number of carbonyl (C=O) groups excluding carboxylic acids is 2. The molecule has 0 saturated carbocycles. The Kier molecular flexibility index (Phi) is 5.21. The van der Waals surface area contributed by atoms with Crippen LogP contribution in [-0.2, 0) is 9.59 Å². The third-order valence-corrected chi connectivity index (χ3v) is 2.98. The van der Waals surface area contributed by atoms with E-state index >= 15 is 0 Å². The van der Waals surface area contributed by atoms with Gasteiger partial charge in [0.1, 0.15) is 5.82 Å². The van der Waals surface area contributed by atoms with Crippen LogP contribution in [0.15, 0.2) is 54.6 Å². The number of hydrogen-bond donors (Lipinski definition) is 3. The zero-order valence-corrected chi connectivity index (χ0v) is 11.6. The van der Waals surface area contributed by atoms with E-state index in [9.17, 15) is 19.1 Å². The van der Waals surface area contributed by atoms with E-state index in [1.54, 1.807) is 30.3 Å². The van der Waals surface area contributed by atoms with Gasteiger partial charge in [-0.2, -0.15) is 0 Å². The van der Waals surface area contributed by atoms with Crippen molar-refractivity contribution in [2.45, 2.75) is 6.04 Å². The van der Waals surface area contributed by atoms with Crippen LogP contribution >= 0.6 is 0 Å². The summed E-state index contributed by atoms with van der Waals surface area (Å²) in [5, 5.41) is 14.1. The van der Waals surface area contributed by atoms with Crippen molar-refractivity contribution in [2.75, 3.05) is 11.9 Å². The maximum atomic E-state index is 13.0. The third kappa shape index (κ3) is 4.13. The summed E-state index contributed by atoms with van der Waals surface area (Å²) in [6, 6.07) is 13.3. The maximum absolute atomic E-state index is 13.0. The Morgan fingerprint density at radius 3 is 2.41 bits per heavy atom. The molecule has 114 valence electrons. The maximum Gasteiger partial charge on any atom is 0.313 e. The van der Waals surface area contributed by atoms with E-state index in [0.29, 0.717) is 5.56 Å². The van der Waals surface area contributed by atoms with Gasteiger partial charge in [-0.3, -0.25) is 9.59 Å². The topological polar surface area (TPSA) is 78.4 Å². The number of aliphatic hydroxyl groups excluding tert-OH is 1. The van der Waals surface area contributed by atoms with E-state index in [-0.39, 0.29) is 12.3 Å². The number of amides is 2. The minimum Gasteiger partial charge on any atom is -0.394 e. The molecular weight excluding hydrogens is 287 g/mol. The monoisotopic (exact) mass is 302 g/mol. The normalized spacial score (nSPS) is 11.5. The van der Waals surface area contributed by atoms with Gasteiger partial charge in [-0.1, -0.05) is 36.4 Å². The lowest BCUT2D eigenvalue weighted by atomic mass is 10.1. The average molecular weight is 302 g/mol. The summed E-state index contributed by atoms with van der Waals surface area (Å²) < 4.78 is 13.0. The molecule has 2 aromatic carbocycles. The van der Waals surface area contributed by atoms with Crippen molar-refractivity contribution >= 4 is 17.5 Å². The predicted octanol–water partition coefficient (Wildman–Crippen LogP) is 1.61. The van der Waals surface area contributed by atoms with Crippen LogP contribution in [-0.4, -0.2) is 23.5 Å². The number of halogens is 1. The molecule has 5 nitrogen and oxygen atoms in total. The number of hydrogen-bond acceptors (Lipinski definition) is 3. The molecule has 0 fully saturated rings. The second kappa shape index (κ2) is 7.33. The van der Waals surface area contributed by atoms with Gasteiger partial charge in [0.2, 0.25) is 0 Å². The van der Waals surface area contributed by atoms with Gasteiger partial charge in [0.25, 0.3) is 0 Å². The van der Waals surface area contributed by atoms with E-state index in [1.807, 2.05) is 0 Å². The van der Waals surface area contributed by atoms with Crippen molar-refractivity contribution in [2.24, 2.45) is 0 Å². The highest BCUT2D eigenvalue weighted by Crippen LogP contribution is 2.12. The van der Waals surface area contributed by atoms with Gasteiger partial charge in [0.15, 0.2) is 0 Å². The quantitative estimate of drug-likeness (QED) is 0.751. The second-order valence-corrected chi connectivity index (χ2v) is 4.58. The Bertz CT molecular complexity index is 661. The molecule has 0 heterocycles. The fraction of sp³-hybridized carbons (Fsp3) is 0.125. The number of aliphatic hydroxyl groups is 1. The first-order valence-electron chi connectivity index (χ1n) is 6.63. The van der Waals surface area contributed by atoms with Gasteiger partial charge in [-0.15, -0.1) is 0 Å². The molecule has 2 rings (SSSR count). The summed E-state index contributed by atoms with van der Waals surface area (Å²) in [4.78, 5) is 23.6. The fourth-order valence-electron chi connectivity index (χ4n) is 1.90. The van der Waals surface area contributed by atoms with E-state index in [0.717, 1.165) is 6.07 Å². The molecular formula is C16H15FN2O3. The zero-order chi connectivity index (χ0) is 15.9. The lowest BCUT2D eigenvalue weighted by molar-refractivity contribution is -0.136. The molecule has 0 bridgehead atoms. The van der Waals surface area contributed by atoms with Crippen LogP contribution < -0.4 is 10.6 Å². The van der Waals surface area contributed by atoms with Crippen molar-refractivity contribution in [1.82, 2.24) is 5.32 Å². The van der Waals surface area contributed by atoms with Crippen LogP contribution in [0.4, 0.5) is 10.1 Å². The summed E-state index contributed by atoms with van der Waals surface area (Å²) in [7, 11) is 0. The summed E-state index contributed by atoms with van der Waals surface area (Å²) >= 11 is 0. The predicted molar refractivity (Wildman–Crippen MR) is 79.4 cm³/mol. The minimum absolute atomic E-state index is 0.181. The van der Waals surface area contributed by atoms with Crippen molar-refractivity contribution in [1.29, 1.82) is 0 Å². The lowest BCUT2D eigenvalue weighted by Crippen LogP contribution is -2.39. The molecule has 0 saturated heterocycles. The Hall–Kier alpha value is -2.73. The number of anilines is 1. The highest BCUT2D eigenvalue weighted by atomic mass is 19.1. The molecule has 0 aliphatic carbocycles. The molecule has 3 N–H and O–H groups in total. The number of carbonyl (C=O) groups is 2. The molecule has 1 atom stereocenters. The van der Waals surface area contributed by atoms with Crippen LogP contribution in [0.5, 0.6) is 0 Å². The minimum atomic E-state index is -0.931. The summed E-state index contributed by atoms with van der Waals surface area (Å²) in [6.45, 7) is -0.344. The first-order chi connectivity index (χ1) is 10.6. The molecule has 2 amide bonds. The number of nitrogens with one attached hydrogen (secondary N) is 2. The molecule has 0 radical (unpaired) electrons. The summed E-state index contributed by atoms with van der Waals surface area (Å²) in [6.07, 6.45) is 0. The van der Waals surface area contributed by atoms with E-state index in [4.69, 9.17) is 0 Å². The second-order valence-electron chi connectivity index (χ2n) is 4.58. The first-order valence-corrected chi connectivity index (χ1v) is 6.63. The zero-order valence-electron chi connectivity index (χ0n) is 11.6. The van der Waals surface area contributed by atoms with Crippen LogP contribution in [0.3, 0.4) is 0 Å². The van der Waals surface area contributed by atoms with Crippen LogP contribution in [0.1, 0.15) is 11.6 Å². The van der Waals surface area contributed by atoms with Crippen LogP contribution in [0, 0.1) is 5.82 Å². The van der Waals surface area contributed by atoms with Crippen LogP contribution in [0.2, 0.25) is 0 Å². The number of rotatable bonds is 4. The Balaban J connectivity index is 2.00. The molecule has 2 aromatic rings. The van der Waals surface area contributed by atoms with Gasteiger partial charge in [0, 0.05) is 5.69 Å². The SMILES string of the molecule is O=C(Nc1cccc(F)c1)C(=O)NC(CO)c1ccccc1. The average Bonchev–Trinajstić information content (AvgIpc) is 2.53. The van der Waals surface area contributed by atoms with Gasteiger partial charge < -0.3 is 15.7 Å². The van der Waals surface area contributed by atoms with Gasteiger partial charge in [-0.05, 0) is 23.8 Å². The molecule has 0 spiro atoms. The molecule has 0 aromatic heterocycles. The van der Waals surface area contributed by atoms with E-state index in [1.165, 1.54) is 18.2 Å². The Morgan fingerprint density at radius 1 is 1.05 bits per heavy atom. The highest BCUT2D eigenvalue weighted by Gasteiger charge is 2.19. The highest BCUT2D eigenvalue weighted by molar-refractivity contribution is 6.39. The van der Waals surface area contributed by atoms with Crippen molar-refractivity contribution in [3.8, 4) is 0 Å². The Morgan fingerprint density at radius 2 is 1.77 bits per heavy atom. The van der Waals surface area contributed by atoms with Gasteiger partial charge >= 0.3 is 11.8 Å². The summed E-state index contributed by atoms with van der Waals surface area (Å²) in [5.41, 5.74) is 0.859. The number of benzene rings is 2. The molecule has 22 heavy (non-hydrogen) atoms. The van der Waals surface area contributed by atoms with E-state index in [2.05, 4.69) is 10.6 Å². The molecule has 1 unspecified atom stereocenters. The molecule has 0 aliphatic rings. The van der Waals surface area contributed by atoms with Crippen molar-refractivity contribution < 1.29 is 19.1 Å². The van der Waals surface area contributed by atoms with Crippen LogP contribution in [0.25, 0.3) is 0 Å². The molecule has 6 heteroatoms. The smallest absolute Gasteiger partial charge is 0.313 e. The standard InChI is InChI=1S/C16H15FN2O3/c17-12-7-4-8-13(9-12)18-15(21)16(22)19-14(10-20)11-5-2-1-3-6-11/h1-9,14,20H,10H2,(H,18,21)(H,19,22). The lowest BCUT2D eigenvalue weighted by Gasteiger charge is -2.16. The Labute approximate surface area is 126 Å². The van der Waals surface area contributed by atoms with Crippen molar-refractivity contribution in [3.63, 3.8) is 0 Å². The van der Waals surface area contributed by atoms with Gasteiger partial charge in [-0.25, -0.2) is 4.39 Å². The summed E-state index contributed by atoms with van der Waals surface area (Å²) in [5.74, 6) is -2.36. The first kappa shape index (κ1) is 15.7. The van der Waals surface area contributed by atoms with Gasteiger partial charge in [0.05, 0.1) is 12.6 Å². The fourth-order valence-corrected chi connectivity index (χ4v) is 1.90. The molecule has 0 aliphatic heterocycles. The largest absolute Gasteiger partial charge is 0.394 e.